The average Bonchev–Trinajstić information content (AvgIpc) is 3.13. The lowest BCUT2D eigenvalue weighted by atomic mass is 10.2. The van der Waals surface area contributed by atoms with Crippen LogP contribution in [-0.2, 0) is 11.5 Å². The van der Waals surface area contributed by atoms with Crippen molar-refractivity contribution in [3.8, 4) is 0 Å². The Balaban J connectivity index is 0.000000202. The summed E-state index contributed by atoms with van der Waals surface area (Å²) in [5.74, 6) is -3.04. The number of aliphatic hydroxyl groups excluding tert-OH is 3. The number of anilines is 2. The lowest BCUT2D eigenvalue weighted by Crippen LogP contribution is -2.28. The van der Waals surface area contributed by atoms with E-state index in [2.05, 4.69) is 50.5 Å². The molecule has 52 heavy (non-hydrogen) atoms. The van der Waals surface area contributed by atoms with Crippen LogP contribution in [0.4, 0.5) is 29.2 Å². The summed E-state index contributed by atoms with van der Waals surface area (Å²) < 4.78 is 54.1. The maximum Gasteiger partial charge on any atom is 0.268 e. The Bertz CT molecular complexity index is 2300. The van der Waals surface area contributed by atoms with E-state index in [1.165, 1.54) is 24.3 Å². The van der Waals surface area contributed by atoms with E-state index < -0.39 is 40.4 Å². The van der Waals surface area contributed by atoms with Crippen molar-refractivity contribution in [2.24, 2.45) is 0 Å². The van der Waals surface area contributed by atoms with E-state index in [0.717, 1.165) is 48.1 Å². The second kappa shape index (κ2) is 17.8. The lowest BCUT2D eigenvalue weighted by molar-refractivity contribution is 0.203. The van der Waals surface area contributed by atoms with Crippen LogP contribution in [0.3, 0.4) is 0 Å². The zero-order valence-electron chi connectivity index (χ0n) is 26.6. The van der Waals surface area contributed by atoms with Crippen molar-refractivity contribution < 1.29 is 32.9 Å². The smallest absolute Gasteiger partial charge is 0.268 e. The monoisotopic (exact) mass is 760 g/mol. The van der Waals surface area contributed by atoms with Gasteiger partial charge >= 0.3 is 0 Å². The zero-order valence-corrected chi connectivity index (χ0v) is 28.2. The van der Waals surface area contributed by atoms with Gasteiger partial charge in [0.15, 0.2) is 56.5 Å². The van der Waals surface area contributed by atoms with Crippen LogP contribution in [0.25, 0.3) is 22.3 Å². The van der Waals surface area contributed by atoms with Crippen molar-refractivity contribution in [3.63, 3.8) is 0 Å². The van der Waals surface area contributed by atoms with E-state index in [0.29, 0.717) is 11.3 Å². The van der Waals surface area contributed by atoms with Crippen molar-refractivity contribution >= 4 is 57.5 Å². The van der Waals surface area contributed by atoms with Gasteiger partial charge in [0.05, 0.1) is 38.3 Å². The Labute approximate surface area is 298 Å². The van der Waals surface area contributed by atoms with Crippen LogP contribution >= 0.6 is 23.5 Å². The molecule has 0 aliphatic heterocycles. The first-order valence-electron chi connectivity index (χ1n) is 15.1. The highest BCUT2D eigenvalue weighted by molar-refractivity contribution is 7.98. The number of benzene rings is 2. The molecule has 0 unspecified atom stereocenters. The fourth-order valence-electron chi connectivity index (χ4n) is 4.31. The van der Waals surface area contributed by atoms with Crippen LogP contribution in [0.15, 0.2) is 68.7 Å². The molecule has 0 saturated carbocycles. The predicted octanol–water partition coefficient (Wildman–Crippen LogP) is 2.74. The van der Waals surface area contributed by atoms with Gasteiger partial charge in [0.2, 0.25) is 0 Å². The van der Waals surface area contributed by atoms with Gasteiger partial charge in [-0.1, -0.05) is 47.8 Å². The Kier molecular flexibility index (Phi) is 13.0. The van der Waals surface area contributed by atoms with Crippen LogP contribution in [0.2, 0.25) is 0 Å². The number of thioether (sulfide) groups is 2. The van der Waals surface area contributed by atoms with Crippen molar-refractivity contribution in [1.29, 1.82) is 0 Å². The number of aromatic amines is 2. The summed E-state index contributed by atoms with van der Waals surface area (Å²) in [7, 11) is 0. The third kappa shape index (κ3) is 9.55. The van der Waals surface area contributed by atoms with Crippen molar-refractivity contribution in [2.75, 3.05) is 37.0 Å². The number of rotatable bonds is 13. The van der Waals surface area contributed by atoms with E-state index in [1.54, 1.807) is 0 Å². The molecule has 15 nitrogen and oxygen atoms in total. The molecule has 0 aliphatic carbocycles. The minimum absolute atomic E-state index is 0.0580. The Hall–Kier alpha value is -5.22. The van der Waals surface area contributed by atoms with E-state index in [1.807, 2.05) is 0 Å². The van der Waals surface area contributed by atoms with Crippen molar-refractivity contribution in [2.45, 2.75) is 27.9 Å². The molecule has 0 aliphatic rings. The van der Waals surface area contributed by atoms with E-state index in [-0.39, 0.29) is 81.9 Å². The average molecular weight is 761 g/mol. The highest BCUT2D eigenvalue weighted by atomic mass is 32.2. The van der Waals surface area contributed by atoms with Gasteiger partial charge in [0.1, 0.15) is 11.0 Å². The molecule has 2 aromatic carbocycles. The third-order valence-corrected chi connectivity index (χ3v) is 8.59. The maximum absolute atomic E-state index is 13.8. The number of H-pyrrole nitrogens is 2. The lowest BCUT2D eigenvalue weighted by Gasteiger charge is -2.15. The SMILES string of the molecule is O=c1cnc2c(NC(CO)CO)nc(SCc3cccc(F)c3F)nc2[nH]1.O=c1cnc2c(NCCO)nc(SCc3cccc(F)c3F)nc2[nH]1. The van der Waals surface area contributed by atoms with E-state index in [4.69, 9.17) is 5.11 Å². The normalized spacial score (nSPS) is 11.2. The van der Waals surface area contributed by atoms with Gasteiger partial charge in [-0.05, 0) is 12.1 Å². The number of aromatic nitrogens is 8. The fourth-order valence-corrected chi connectivity index (χ4v) is 5.94. The van der Waals surface area contributed by atoms with Gasteiger partial charge < -0.3 is 35.9 Å². The van der Waals surface area contributed by atoms with Gasteiger partial charge in [-0.25, -0.2) is 47.5 Å². The maximum atomic E-state index is 13.8. The topological polar surface area (TPSA) is 228 Å². The summed E-state index contributed by atoms with van der Waals surface area (Å²) in [6.07, 6.45) is 2.16. The predicted molar refractivity (Wildman–Crippen MR) is 185 cm³/mol. The number of hydrogen-bond donors (Lipinski definition) is 7. The second-order valence-corrected chi connectivity index (χ2v) is 12.3. The molecule has 6 aromatic rings. The zero-order chi connectivity index (χ0) is 37.2. The molecule has 0 amide bonds. The summed E-state index contributed by atoms with van der Waals surface area (Å²) in [5.41, 5.74) is 0.352. The van der Waals surface area contributed by atoms with Crippen LogP contribution < -0.4 is 21.8 Å². The molecule has 272 valence electrons. The van der Waals surface area contributed by atoms with E-state index >= 15 is 0 Å². The number of fused-ring (bicyclic) bond motifs is 2. The number of nitrogens with one attached hydrogen (secondary N) is 4. The molecule has 0 atom stereocenters. The number of aliphatic hydroxyl groups is 3. The highest BCUT2D eigenvalue weighted by Gasteiger charge is 2.16. The van der Waals surface area contributed by atoms with Crippen LogP contribution in [-0.4, -0.2) is 87.6 Å². The Morgan fingerprint density at radius 1 is 0.692 bits per heavy atom. The minimum atomic E-state index is -0.947. The Morgan fingerprint density at radius 2 is 1.17 bits per heavy atom. The molecule has 4 heterocycles. The summed E-state index contributed by atoms with van der Waals surface area (Å²) in [6, 6.07) is 7.11. The number of nitrogens with zero attached hydrogens (tertiary/aromatic N) is 6. The van der Waals surface area contributed by atoms with Crippen LogP contribution in [0.5, 0.6) is 0 Å². The molecule has 0 spiro atoms. The second-order valence-electron chi connectivity index (χ2n) is 10.5. The van der Waals surface area contributed by atoms with Crippen LogP contribution in [0.1, 0.15) is 11.1 Å². The molecule has 21 heteroatoms. The minimum Gasteiger partial charge on any atom is -0.395 e. The standard InChI is InChI=1S/C16H15F2N5O3S.C15H13F2N5O2S/c17-10-3-1-2-8(12(10)18)7-27-16-22-14(20-9(5-24)6-25)13-15(23-16)21-11(26)4-19-13;16-9-3-1-2-8(11(9)17)7-25-15-21-13(18-4-5-23)12-14(22-15)20-10(24)6-19-12/h1-4,9,24-25H,5-7H2,(H2,20,21,22,23,26);1-3,6,23H,4-5,7H2,(H2,18,20,21,22,24). The van der Waals surface area contributed by atoms with Gasteiger partial charge in [0, 0.05) is 29.2 Å². The van der Waals surface area contributed by atoms with Gasteiger partial charge in [0.25, 0.3) is 11.1 Å². The van der Waals surface area contributed by atoms with E-state index in [9.17, 15) is 37.4 Å². The summed E-state index contributed by atoms with van der Waals surface area (Å²) in [6.45, 7) is -0.605. The summed E-state index contributed by atoms with van der Waals surface area (Å²) in [5, 5.41) is 33.6. The molecule has 0 fully saturated rings. The molecule has 0 saturated heterocycles. The molecular formula is C31H28F4N10O5S2. The first kappa shape index (κ1) is 38.0. The Morgan fingerprint density at radius 3 is 1.65 bits per heavy atom. The molecule has 0 bridgehead atoms. The molecular weight excluding hydrogens is 733 g/mol. The van der Waals surface area contributed by atoms with Crippen LogP contribution in [0, 0.1) is 23.3 Å². The summed E-state index contributed by atoms with van der Waals surface area (Å²) in [4.78, 5) is 52.9. The van der Waals surface area contributed by atoms with Gasteiger partial charge in [-0.3, -0.25) is 9.59 Å². The molecule has 4 aromatic heterocycles. The van der Waals surface area contributed by atoms with Gasteiger partial charge in [-0.2, -0.15) is 0 Å². The fraction of sp³-hybridized carbons (Fsp3) is 0.226. The quantitative estimate of drug-likeness (QED) is 0.0510. The summed E-state index contributed by atoms with van der Waals surface area (Å²) >= 11 is 2.11. The number of halogens is 4. The molecule has 6 rings (SSSR count). The molecule has 7 N–H and O–H groups in total. The van der Waals surface area contributed by atoms with Crippen molar-refractivity contribution in [1.82, 2.24) is 39.9 Å². The van der Waals surface area contributed by atoms with Gasteiger partial charge in [-0.15, -0.1) is 0 Å². The number of hydrogen-bond acceptors (Lipinski definition) is 15. The van der Waals surface area contributed by atoms with Crippen molar-refractivity contribution in [3.05, 3.63) is 104 Å². The first-order valence-corrected chi connectivity index (χ1v) is 17.1. The molecule has 0 radical (unpaired) electrons. The largest absolute Gasteiger partial charge is 0.395 e. The highest BCUT2D eigenvalue weighted by Crippen LogP contribution is 2.27. The third-order valence-electron chi connectivity index (χ3n) is 6.79. The first-order chi connectivity index (χ1) is 25.1.